The predicted molar refractivity (Wildman–Crippen MR) is 43.5 cm³/mol. The van der Waals surface area contributed by atoms with Gasteiger partial charge in [-0.1, -0.05) is 0 Å². The molecule has 64 valence electrons. The van der Waals surface area contributed by atoms with E-state index in [9.17, 15) is 4.79 Å². The maximum absolute atomic E-state index is 10.9. The van der Waals surface area contributed by atoms with Crippen molar-refractivity contribution in [2.45, 2.75) is 19.8 Å². The Hall–Kier alpha value is -1.25. The fourth-order valence-corrected chi connectivity index (χ4v) is 1.43. The monoisotopic (exact) mass is 166 g/mol. The summed E-state index contributed by atoms with van der Waals surface area (Å²) in [4.78, 5) is 10.9. The van der Waals surface area contributed by atoms with Crippen LogP contribution >= 0.6 is 0 Å². The molecule has 0 bridgehead atoms. The first kappa shape index (κ1) is 7.40. The summed E-state index contributed by atoms with van der Waals surface area (Å²) in [6, 6.07) is 1.46. The highest BCUT2D eigenvalue weighted by molar-refractivity contribution is 5.34. The Labute approximate surface area is 70.0 Å². The summed E-state index contributed by atoms with van der Waals surface area (Å²) < 4.78 is 10.4. The summed E-state index contributed by atoms with van der Waals surface area (Å²) in [6.07, 6.45) is 1.74. The normalized spacial score (nSPS) is 15.1. The Morgan fingerprint density at radius 2 is 2.33 bits per heavy atom. The molecule has 2 heterocycles. The van der Waals surface area contributed by atoms with Gasteiger partial charge in [-0.2, -0.15) is 0 Å². The molecule has 0 amide bonds. The highest BCUT2D eigenvalue weighted by atomic mass is 16.5. The third-order valence-corrected chi connectivity index (χ3v) is 1.96. The van der Waals surface area contributed by atoms with Crippen LogP contribution in [0, 0.1) is 6.92 Å². The van der Waals surface area contributed by atoms with Gasteiger partial charge in [-0.05, 0) is 13.3 Å². The number of hydrogen-bond acceptors (Lipinski definition) is 3. The lowest BCUT2D eigenvalue weighted by Gasteiger charge is -2.16. The molecular formula is C9H10O3. The van der Waals surface area contributed by atoms with Crippen LogP contribution in [-0.4, -0.2) is 6.61 Å². The molecule has 3 heteroatoms. The first-order valence-corrected chi connectivity index (χ1v) is 4.04. The Morgan fingerprint density at radius 3 is 3.17 bits per heavy atom. The summed E-state index contributed by atoms with van der Waals surface area (Å²) in [6.45, 7) is 2.59. The number of rotatable bonds is 0. The maximum atomic E-state index is 10.9. The van der Waals surface area contributed by atoms with Crippen LogP contribution in [0.5, 0.6) is 5.75 Å². The van der Waals surface area contributed by atoms with Gasteiger partial charge < -0.3 is 9.15 Å². The summed E-state index contributed by atoms with van der Waals surface area (Å²) >= 11 is 0. The lowest BCUT2D eigenvalue weighted by atomic mass is 10.1. The number of aryl methyl sites for hydroxylation is 2. The first-order chi connectivity index (χ1) is 5.77. The van der Waals surface area contributed by atoms with Gasteiger partial charge in [0.25, 0.3) is 0 Å². The summed E-state index contributed by atoms with van der Waals surface area (Å²) in [5, 5.41) is 0. The topological polar surface area (TPSA) is 39.4 Å². The Bertz CT molecular complexity index is 351. The third-order valence-electron chi connectivity index (χ3n) is 1.96. The smallest absolute Gasteiger partial charge is 0.336 e. The summed E-state index contributed by atoms with van der Waals surface area (Å²) in [5.74, 6) is 1.46. The highest BCUT2D eigenvalue weighted by Crippen LogP contribution is 2.26. The molecule has 1 aromatic rings. The molecule has 0 unspecified atom stereocenters. The van der Waals surface area contributed by atoms with Crippen LogP contribution in [0.2, 0.25) is 0 Å². The van der Waals surface area contributed by atoms with E-state index in [0.29, 0.717) is 5.76 Å². The molecule has 0 fully saturated rings. The molecule has 0 aromatic carbocycles. The van der Waals surface area contributed by atoms with Crippen molar-refractivity contribution in [3.63, 3.8) is 0 Å². The van der Waals surface area contributed by atoms with Crippen LogP contribution in [-0.2, 0) is 6.42 Å². The number of hydrogen-bond donors (Lipinski definition) is 0. The Balaban J connectivity index is 2.60. The van der Waals surface area contributed by atoms with Crippen molar-refractivity contribution in [3.8, 4) is 5.75 Å². The molecule has 1 aromatic heterocycles. The Morgan fingerprint density at radius 1 is 1.50 bits per heavy atom. The van der Waals surface area contributed by atoms with E-state index in [1.807, 2.05) is 6.92 Å². The van der Waals surface area contributed by atoms with Gasteiger partial charge in [-0.15, -0.1) is 0 Å². The Kier molecular flexibility index (Phi) is 1.64. The average Bonchev–Trinajstić information content (AvgIpc) is 2.04. The molecule has 0 radical (unpaired) electrons. The van der Waals surface area contributed by atoms with Gasteiger partial charge in [0.2, 0.25) is 0 Å². The SMILES string of the molecule is Cc1cc(=O)oc2c1OCCC2. The van der Waals surface area contributed by atoms with Crippen molar-refractivity contribution in [1.82, 2.24) is 0 Å². The van der Waals surface area contributed by atoms with E-state index in [2.05, 4.69) is 0 Å². The van der Waals surface area contributed by atoms with Crippen molar-refractivity contribution in [3.05, 3.63) is 27.8 Å². The van der Waals surface area contributed by atoms with E-state index in [0.717, 1.165) is 30.8 Å². The van der Waals surface area contributed by atoms with E-state index < -0.39 is 0 Å². The van der Waals surface area contributed by atoms with Gasteiger partial charge in [0.1, 0.15) is 0 Å². The van der Waals surface area contributed by atoms with E-state index in [-0.39, 0.29) is 5.63 Å². The first-order valence-electron chi connectivity index (χ1n) is 4.04. The fourth-order valence-electron chi connectivity index (χ4n) is 1.43. The lowest BCUT2D eigenvalue weighted by molar-refractivity contribution is 0.253. The van der Waals surface area contributed by atoms with Gasteiger partial charge in [0.15, 0.2) is 11.5 Å². The van der Waals surface area contributed by atoms with Crippen molar-refractivity contribution < 1.29 is 9.15 Å². The highest BCUT2D eigenvalue weighted by Gasteiger charge is 2.15. The molecule has 0 aliphatic carbocycles. The second kappa shape index (κ2) is 2.66. The van der Waals surface area contributed by atoms with Crippen LogP contribution in [0.25, 0.3) is 0 Å². The predicted octanol–water partition coefficient (Wildman–Crippen LogP) is 1.27. The zero-order chi connectivity index (χ0) is 8.55. The van der Waals surface area contributed by atoms with Crippen LogP contribution in [0.3, 0.4) is 0 Å². The minimum Gasteiger partial charge on any atom is -0.490 e. The van der Waals surface area contributed by atoms with Crippen molar-refractivity contribution in [2.75, 3.05) is 6.61 Å². The minimum absolute atomic E-state index is 0.281. The maximum Gasteiger partial charge on any atom is 0.336 e. The number of ether oxygens (including phenoxy) is 1. The standard InChI is InChI=1S/C9H10O3/c1-6-5-8(10)12-7-3-2-4-11-9(6)7/h5H,2-4H2,1H3. The molecule has 0 saturated carbocycles. The average molecular weight is 166 g/mol. The second-order valence-corrected chi connectivity index (χ2v) is 2.95. The van der Waals surface area contributed by atoms with Crippen molar-refractivity contribution in [1.29, 1.82) is 0 Å². The van der Waals surface area contributed by atoms with Crippen molar-refractivity contribution >= 4 is 0 Å². The molecule has 3 nitrogen and oxygen atoms in total. The summed E-state index contributed by atoms with van der Waals surface area (Å²) in [5.41, 5.74) is 0.595. The van der Waals surface area contributed by atoms with Crippen LogP contribution in [0.15, 0.2) is 15.3 Å². The van der Waals surface area contributed by atoms with Crippen LogP contribution in [0.1, 0.15) is 17.7 Å². The lowest BCUT2D eigenvalue weighted by Crippen LogP contribution is -2.13. The zero-order valence-corrected chi connectivity index (χ0v) is 6.92. The largest absolute Gasteiger partial charge is 0.490 e. The van der Waals surface area contributed by atoms with Gasteiger partial charge >= 0.3 is 5.63 Å². The van der Waals surface area contributed by atoms with Crippen LogP contribution in [0.4, 0.5) is 0 Å². The molecular weight excluding hydrogens is 156 g/mol. The van der Waals surface area contributed by atoms with E-state index >= 15 is 0 Å². The van der Waals surface area contributed by atoms with Crippen LogP contribution < -0.4 is 10.4 Å². The molecule has 2 rings (SSSR count). The van der Waals surface area contributed by atoms with Crippen molar-refractivity contribution in [2.24, 2.45) is 0 Å². The van der Waals surface area contributed by atoms with E-state index in [1.54, 1.807) is 0 Å². The third kappa shape index (κ3) is 1.11. The second-order valence-electron chi connectivity index (χ2n) is 2.95. The van der Waals surface area contributed by atoms with Gasteiger partial charge in [-0.3, -0.25) is 0 Å². The molecule has 12 heavy (non-hydrogen) atoms. The molecule has 1 aliphatic heterocycles. The molecule has 0 saturated heterocycles. The van der Waals surface area contributed by atoms with E-state index in [4.69, 9.17) is 9.15 Å². The number of fused-ring (bicyclic) bond motifs is 1. The molecule has 0 spiro atoms. The molecule has 1 aliphatic rings. The fraction of sp³-hybridized carbons (Fsp3) is 0.444. The minimum atomic E-state index is -0.281. The van der Waals surface area contributed by atoms with Gasteiger partial charge in [0.05, 0.1) is 6.61 Å². The molecule has 0 N–H and O–H groups in total. The van der Waals surface area contributed by atoms with E-state index in [1.165, 1.54) is 6.07 Å². The zero-order valence-electron chi connectivity index (χ0n) is 6.92. The summed E-state index contributed by atoms with van der Waals surface area (Å²) in [7, 11) is 0. The quantitative estimate of drug-likeness (QED) is 0.582. The van der Waals surface area contributed by atoms with Gasteiger partial charge in [-0.25, -0.2) is 4.79 Å². The van der Waals surface area contributed by atoms with Gasteiger partial charge in [0, 0.05) is 18.1 Å². The molecule has 0 atom stereocenters.